The quantitative estimate of drug-likeness (QED) is 0.675. The highest BCUT2D eigenvalue weighted by molar-refractivity contribution is 4.79. The second-order valence-corrected chi connectivity index (χ2v) is 4.45. The molecule has 5 heteroatoms. The van der Waals surface area contributed by atoms with Crippen molar-refractivity contribution >= 4 is 0 Å². The van der Waals surface area contributed by atoms with Gasteiger partial charge in [0.1, 0.15) is 0 Å². The van der Waals surface area contributed by atoms with Gasteiger partial charge in [-0.25, -0.2) is 0 Å². The maximum absolute atomic E-state index is 9.77. The van der Waals surface area contributed by atoms with E-state index in [0.717, 1.165) is 6.54 Å². The Kier molecular flexibility index (Phi) is 5.45. The summed E-state index contributed by atoms with van der Waals surface area (Å²) in [7, 11) is 4.08. The molecule has 2 unspecified atom stereocenters. The fourth-order valence-corrected chi connectivity index (χ4v) is 1.64. The van der Waals surface area contributed by atoms with Crippen molar-refractivity contribution < 1.29 is 5.11 Å². The Balaban J connectivity index is 2.17. The van der Waals surface area contributed by atoms with Crippen LogP contribution >= 0.6 is 0 Å². The van der Waals surface area contributed by atoms with E-state index in [9.17, 15) is 5.11 Å². The molecule has 0 saturated heterocycles. The highest BCUT2D eigenvalue weighted by Crippen LogP contribution is 1.92. The van der Waals surface area contributed by atoms with Crippen molar-refractivity contribution in [2.75, 3.05) is 27.2 Å². The fourth-order valence-electron chi connectivity index (χ4n) is 1.64. The van der Waals surface area contributed by atoms with Gasteiger partial charge in [-0.1, -0.05) is 0 Å². The van der Waals surface area contributed by atoms with E-state index in [-0.39, 0.29) is 0 Å². The van der Waals surface area contributed by atoms with E-state index in [4.69, 9.17) is 0 Å². The lowest BCUT2D eigenvalue weighted by Gasteiger charge is -2.20. The van der Waals surface area contributed by atoms with Gasteiger partial charge in [-0.3, -0.25) is 4.68 Å². The van der Waals surface area contributed by atoms with Gasteiger partial charge >= 0.3 is 0 Å². The monoisotopic (exact) mass is 226 g/mol. The third-order valence-electron chi connectivity index (χ3n) is 2.30. The highest BCUT2D eigenvalue weighted by Gasteiger charge is 2.08. The largest absolute Gasteiger partial charge is 0.390 e. The van der Waals surface area contributed by atoms with Gasteiger partial charge in [0, 0.05) is 31.5 Å². The van der Waals surface area contributed by atoms with E-state index < -0.39 is 6.10 Å². The second kappa shape index (κ2) is 6.62. The van der Waals surface area contributed by atoms with Crippen LogP contribution in [0, 0.1) is 0 Å². The fraction of sp³-hybridized carbons (Fsp3) is 0.727. The Labute approximate surface area is 97.1 Å². The summed E-state index contributed by atoms with van der Waals surface area (Å²) in [5.41, 5.74) is 0. The van der Waals surface area contributed by atoms with Crippen molar-refractivity contribution in [1.82, 2.24) is 20.0 Å². The number of hydrogen-bond donors (Lipinski definition) is 2. The molecule has 0 radical (unpaired) electrons. The maximum atomic E-state index is 9.77. The number of nitrogens with one attached hydrogen (secondary N) is 1. The van der Waals surface area contributed by atoms with E-state index in [1.807, 2.05) is 26.4 Å². The standard InChI is InChI=1S/C11H22N4O/c1-10(8-14(2)3)12-7-11(16)9-15-6-4-5-13-15/h4-6,10-12,16H,7-9H2,1-3H3. The van der Waals surface area contributed by atoms with Gasteiger partial charge in [0.2, 0.25) is 0 Å². The number of likely N-dealkylation sites (N-methyl/N-ethyl adjacent to an activating group) is 1. The summed E-state index contributed by atoms with van der Waals surface area (Å²) in [5.74, 6) is 0. The molecule has 0 saturated carbocycles. The minimum absolute atomic E-state index is 0.377. The summed E-state index contributed by atoms with van der Waals surface area (Å²) in [6.45, 7) is 4.21. The molecule has 0 aromatic carbocycles. The Morgan fingerprint density at radius 3 is 2.81 bits per heavy atom. The van der Waals surface area contributed by atoms with E-state index in [1.54, 1.807) is 10.9 Å². The number of aliphatic hydroxyl groups excluding tert-OH is 1. The molecule has 0 spiro atoms. The Morgan fingerprint density at radius 2 is 2.25 bits per heavy atom. The number of hydrogen-bond acceptors (Lipinski definition) is 4. The van der Waals surface area contributed by atoms with Crippen molar-refractivity contribution in [3.63, 3.8) is 0 Å². The van der Waals surface area contributed by atoms with E-state index in [2.05, 4.69) is 22.2 Å². The van der Waals surface area contributed by atoms with Crippen LogP contribution in [0.4, 0.5) is 0 Å². The Hall–Kier alpha value is -0.910. The third-order valence-corrected chi connectivity index (χ3v) is 2.30. The normalized spacial score (nSPS) is 15.3. The topological polar surface area (TPSA) is 53.3 Å². The van der Waals surface area contributed by atoms with Crippen molar-refractivity contribution in [2.24, 2.45) is 0 Å². The number of rotatable bonds is 7. The van der Waals surface area contributed by atoms with Gasteiger partial charge in [0.05, 0.1) is 12.6 Å². The van der Waals surface area contributed by atoms with Crippen LogP contribution in [0.15, 0.2) is 18.5 Å². The van der Waals surface area contributed by atoms with Gasteiger partial charge < -0.3 is 15.3 Å². The Bertz CT molecular complexity index is 274. The molecule has 0 aliphatic rings. The van der Waals surface area contributed by atoms with Gasteiger partial charge in [0.15, 0.2) is 0 Å². The molecule has 0 fully saturated rings. The summed E-state index contributed by atoms with van der Waals surface area (Å²) in [6.07, 6.45) is 3.17. The number of nitrogens with zero attached hydrogens (tertiary/aromatic N) is 3. The molecule has 1 rings (SSSR count). The van der Waals surface area contributed by atoms with Crippen molar-refractivity contribution in [1.29, 1.82) is 0 Å². The molecule has 1 aromatic heterocycles. The minimum atomic E-state index is -0.399. The van der Waals surface area contributed by atoms with Crippen LogP contribution in [-0.2, 0) is 6.54 Å². The lowest BCUT2D eigenvalue weighted by Crippen LogP contribution is -2.40. The third kappa shape index (κ3) is 5.25. The first kappa shape index (κ1) is 13.2. The molecule has 16 heavy (non-hydrogen) atoms. The molecule has 1 aromatic rings. The maximum Gasteiger partial charge on any atom is 0.0860 e. The molecule has 0 bridgehead atoms. The van der Waals surface area contributed by atoms with Gasteiger partial charge in [-0.2, -0.15) is 5.10 Å². The van der Waals surface area contributed by atoms with Crippen LogP contribution in [0.5, 0.6) is 0 Å². The predicted octanol–water partition coefficient (Wildman–Crippen LogP) is -0.216. The molecular formula is C11H22N4O. The van der Waals surface area contributed by atoms with Crippen LogP contribution in [-0.4, -0.2) is 59.1 Å². The van der Waals surface area contributed by atoms with E-state index in [1.165, 1.54) is 0 Å². The summed E-state index contributed by atoms with van der Waals surface area (Å²) in [4.78, 5) is 2.12. The first-order valence-electron chi connectivity index (χ1n) is 5.61. The lowest BCUT2D eigenvalue weighted by molar-refractivity contribution is 0.141. The average Bonchev–Trinajstić information content (AvgIpc) is 2.66. The van der Waals surface area contributed by atoms with E-state index >= 15 is 0 Å². The Morgan fingerprint density at radius 1 is 1.50 bits per heavy atom. The summed E-state index contributed by atoms with van der Waals surface area (Å²) in [6, 6.07) is 2.23. The smallest absolute Gasteiger partial charge is 0.0860 e. The predicted molar refractivity (Wildman–Crippen MR) is 64.3 cm³/mol. The molecule has 0 aliphatic heterocycles. The highest BCUT2D eigenvalue weighted by atomic mass is 16.3. The molecule has 1 heterocycles. The molecule has 5 nitrogen and oxygen atoms in total. The van der Waals surface area contributed by atoms with Crippen molar-refractivity contribution in [3.8, 4) is 0 Å². The van der Waals surface area contributed by atoms with Crippen LogP contribution in [0.2, 0.25) is 0 Å². The molecule has 0 aliphatic carbocycles. The minimum Gasteiger partial charge on any atom is -0.390 e. The van der Waals surface area contributed by atoms with Crippen molar-refractivity contribution in [3.05, 3.63) is 18.5 Å². The van der Waals surface area contributed by atoms with E-state index in [0.29, 0.717) is 19.1 Å². The van der Waals surface area contributed by atoms with Crippen LogP contribution in [0.3, 0.4) is 0 Å². The van der Waals surface area contributed by atoms with Gasteiger partial charge in [-0.15, -0.1) is 0 Å². The lowest BCUT2D eigenvalue weighted by atomic mass is 10.3. The van der Waals surface area contributed by atoms with Crippen molar-refractivity contribution in [2.45, 2.75) is 25.6 Å². The first-order valence-corrected chi connectivity index (χ1v) is 5.61. The summed E-state index contributed by atoms with van der Waals surface area (Å²) < 4.78 is 1.74. The molecule has 0 amide bonds. The zero-order valence-corrected chi connectivity index (χ0v) is 10.3. The molecular weight excluding hydrogens is 204 g/mol. The van der Waals surface area contributed by atoms with Crippen LogP contribution in [0.1, 0.15) is 6.92 Å². The average molecular weight is 226 g/mol. The van der Waals surface area contributed by atoms with Gasteiger partial charge in [0.25, 0.3) is 0 Å². The second-order valence-electron chi connectivity index (χ2n) is 4.45. The summed E-state index contributed by atoms with van der Waals surface area (Å²) in [5, 5.41) is 17.1. The zero-order valence-electron chi connectivity index (χ0n) is 10.3. The molecule has 2 atom stereocenters. The first-order chi connectivity index (χ1) is 7.58. The summed E-state index contributed by atoms with van der Waals surface area (Å²) >= 11 is 0. The molecule has 2 N–H and O–H groups in total. The molecule has 92 valence electrons. The van der Waals surface area contributed by atoms with Gasteiger partial charge in [-0.05, 0) is 27.1 Å². The van der Waals surface area contributed by atoms with Crippen LogP contribution in [0.25, 0.3) is 0 Å². The number of aliphatic hydroxyl groups is 1. The van der Waals surface area contributed by atoms with Crippen LogP contribution < -0.4 is 5.32 Å². The SMILES string of the molecule is CC(CN(C)C)NCC(O)Cn1cccn1. The number of aromatic nitrogens is 2. The zero-order chi connectivity index (χ0) is 12.0.